The van der Waals surface area contributed by atoms with Crippen LogP contribution in [0, 0.1) is 6.92 Å². The number of hydrogen-bond acceptors (Lipinski definition) is 2. The summed E-state index contributed by atoms with van der Waals surface area (Å²) in [7, 11) is 0. The molecule has 0 fully saturated rings. The van der Waals surface area contributed by atoms with E-state index < -0.39 is 0 Å². The van der Waals surface area contributed by atoms with Crippen molar-refractivity contribution in [3.63, 3.8) is 0 Å². The quantitative estimate of drug-likeness (QED) is 0.834. The van der Waals surface area contributed by atoms with Gasteiger partial charge in [0.15, 0.2) is 0 Å². The Balaban J connectivity index is 1.84. The molecule has 0 aliphatic rings. The second-order valence-electron chi connectivity index (χ2n) is 4.73. The van der Waals surface area contributed by atoms with Crippen LogP contribution in [0.4, 0.5) is 5.69 Å². The Morgan fingerprint density at radius 3 is 2.71 bits per heavy atom. The Labute approximate surface area is 137 Å². The first-order valence-corrected chi connectivity index (χ1v) is 7.73. The van der Waals surface area contributed by atoms with Crippen LogP contribution < -0.4 is 10.6 Å². The van der Waals surface area contributed by atoms with Crippen molar-refractivity contribution in [2.45, 2.75) is 13.5 Å². The maximum absolute atomic E-state index is 11.9. The van der Waals surface area contributed by atoms with Crippen LogP contribution in [0.15, 0.2) is 46.9 Å². The summed E-state index contributed by atoms with van der Waals surface area (Å²) in [5.74, 6) is -0.0911. The highest BCUT2D eigenvalue weighted by Gasteiger charge is 2.06. The Kier molecular flexibility index (Phi) is 5.79. The van der Waals surface area contributed by atoms with Crippen LogP contribution in [-0.2, 0) is 11.3 Å². The van der Waals surface area contributed by atoms with Crippen LogP contribution in [0.3, 0.4) is 0 Å². The number of hydrogen-bond donors (Lipinski definition) is 2. The molecule has 0 aliphatic heterocycles. The minimum Gasteiger partial charge on any atom is -0.324 e. The Morgan fingerprint density at radius 2 is 2.00 bits per heavy atom. The number of anilines is 1. The maximum atomic E-state index is 11.9. The Hall–Kier alpha value is -1.36. The van der Waals surface area contributed by atoms with Crippen molar-refractivity contribution in [3.8, 4) is 0 Å². The molecule has 0 radical (unpaired) electrons. The van der Waals surface area contributed by atoms with E-state index in [0.29, 0.717) is 11.6 Å². The number of nitrogens with one attached hydrogen (secondary N) is 2. The van der Waals surface area contributed by atoms with Crippen LogP contribution in [0.5, 0.6) is 0 Å². The minimum absolute atomic E-state index is 0.0911. The molecule has 0 saturated heterocycles. The van der Waals surface area contributed by atoms with Crippen molar-refractivity contribution < 1.29 is 4.79 Å². The molecule has 2 N–H and O–H groups in total. The monoisotopic (exact) mass is 366 g/mol. The van der Waals surface area contributed by atoms with Gasteiger partial charge < -0.3 is 10.6 Å². The van der Waals surface area contributed by atoms with Gasteiger partial charge in [-0.15, -0.1) is 0 Å². The summed E-state index contributed by atoms with van der Waals surface area (Å²) >= 11 is 9.50. The third-order valence-electron chi connectivity index (χ3n) is 2.96. The summed E-state index contributed by atoms with van der Waals surface area (Å²) in [5, 5.41) is 6.64. The van der Waals surface area contributed by atoms with Crippen molar-refractivity contribution in [1.82, 2.24) is 5.32 Å². The number of rotatable bonds is 5. The first kappa shape index (κ1) is 16.0. The summed E-state index contributed by atoms with van der Waals surface area (Å²) in [6.45, 7) is 2.79. The standard InChI is InChI=1S/C16H16BrClN2O/c1-11-6-7-15(13(17)8-11)20-16(21)10-19-9-12-4-2-3-5-14(12)18/h2-8,19H,9-10H2,1H3,(H,20,21). The molecule has 0 heterocycles. The first-order chi connectivity index (χ1) is 10.1. The van der Waals surface area contributed by atoms with Crippen LogP contribution in [-0.4, -0.2) is 12.5 Å². The lowest BCUT2D eigenvalue weighted by molar-refractivity contribution is -0.115. The van der Waals surface area contributed by atoms with Crippen molar-refractivity contribution in [1.29, 1.82) is 0 Å². The normalized spacial score (nSPS) is 10.4. The molecule has 0 saturated carbocycles. The second kappa shape index (κ2) is 7.59. The number of halogens is 2. The van der Waals surface area contributed by atoms with Gasteiger partial charge in [0.2, 0.25) is 5.91 Å². The Morgan fingerprint density at radius 1 is 1.24 bits per heavy atom. The highest BCUT2D eigenvalue weighted by atomic mass is 79.9. The van der Waals surface area contributed by atoms with Gasteiger partial charge >= 0.3 is 0 Å². The molecule has 0 aliphatic carbocycles. The molecule has 2 aromatic carbocycles. The largest absolute Gasteiger partial charge is 0.324 e. The molecule has 0 atom stereocenters. The third kappa shape index (κ3) is 4.84. The molecule has 0 unspecified atom stereocenters. The summed E-state index contributed by atoms with van der Waals surface area (Å²) in [6.07, 6.45) is 0. The van der Waals surface area contributed by atoms with E-state index in [4.69, 9.17) is 11.6 Å². The smallest absolute Gasteiger partial charge is 0.238 e. The van der Waals surface area contributed by atoms with Crippen LogP contribution in [0.25, 0.3) is 0 Å². The molecule has 21 heavy (non-hydrogen) atoms. The summed E-state index contributed by atoms with van der Waals surface area (Å²) < 4.78 is 0.877. The fraction of sp³-hybridized carbons (Fsp3) is 0.188. The highest BCUT2D eigenvalue weighted by molar-refractivity contribution is 9.10. The van der Waals surface area contributed by atoms with Crippen LogP contribution >= 0.6 is 27.5 Å². The van der Waals surface area contributed by atoms with Gasteiger partial charge in [0.1, 0.15) is 0 Å². The molecule has 0 aromatic heterocycles. The molecule has 0 spiro atoms. The van der Waals surface area contributed by atoms with E-state index in [2.05, 4.69) is 26.6 Å². The lowest BCUT2D eigenvalue weighted by Crippen LogP contribution is -2.27. The summed E-state index contributed by atoms with van der Waals surface area (Å²) in [4.78, 5) is 11.9. The van der Waals surface area contributed by atoms with Gasteiger partial charge in [-0.25, -0.2) is 0 Å². The van der Waals surface area contributed by atoms with Crippen LogP contribution in [0.1, 0.15) is 11.1 Å². The zero-order chi connectivity index (χ0) is 15.2. The van der Waals surface area contributed by atoms with E-state index in [-0.39, 0.29) is 12.5 Å². The van der Waals surface area contributed by atoms with E-state index in [1.807, 2.05) is 49.4 Å². The highest BCUT2D eigenvalue weighted by Crippen LogP contribution is 2.23. The molecule has 2 rings (SSSR count). The molecule has 0 bridgehead atoms. The predicted octanol–water partition coefficient (Wildman–Crippen LogP) is 4.14. The Bertz CT molecular complexity index is 646. The van der Waals surface area contributed by atoms with Crippen molar-refractivity contribution >= 4 is 39.1 Å². The SMILES string of the molecule is Cc1ccc(NC(=O)CNCc2ccccc2Cl)c(Br)c1. The van der Waals surface area contributed by atoms with Gasteiger partial charge in [0.25, 0.3) is 0 Å². The molecule has 110 valence electrons. The number of carbonyl (C=O) groups excluding carboxylic acids is 1. The van der Waals surface area contributed by atoms with E-state index >= 15 is 0 Å². The number of amides is 1. The predicted molar refractivity (Wildman–Crippen MR) is 90.7 cm³/mol. The fourth-order valence-electron chi connectivity index (χ4n) is 1.87. The topological polar surface area (TPSA) is 41.1 Å². The van der Waals surface area contributed by atoms with Gasteiger partial charge in [0.05, 0.1) is 12.2 Å². The van der Waals surface area contributed by atoms with E-state index in [0.717, 1.165) is 21.3 Å². The lowest BCUT2D eigenvalue weighted by Gasteiger charge is -2.09. The van der Waals surface area contributed by atoms with Crippen molar-refractivity contribution in [3.05, 3.63) is 63.1 Å². The molecule has 1 amide bonds. The van der Waals surface area contributed by atoms with Gasteiger partial charge in [-0.2, -0.15) is 0 Å². The van der Waals surface area contributed by atoms with Gasteiger partial charge in [0, 0.05) is 16.0 Å². The average molecular weight is 368 g/mol. The third-order valence-corrected chi connectivity index (χ3v) is 3.98. The van der Waals surface area contributed by atoms with Crippen LogP contribution in [0.2, 0.25) is 5.02 Å². The molecule has 2 aromatic rings. The number of carbonyl (C=O) groups is 1. The fourth-order valence-corrected chi connectivity index (χ4v) is 2.66. The van der Waals surface area contributed by atoms with E-state index in [1.54, 1.807) is 0 Å². The molecular weight excluding hydrogens is 352 g/mol. The van der Waals surface area contributed by atoms with E-state index in [9.17, 15) is 4.79 Å². The molecular formula is C16H16BrClN2O. The van der Waals surface area contributed by atoms with Gasteiger partial charge in [-0.3, -0.25) is 4.79 Å². The molecule has 3 nitrogen and oxygen atoms in total. The van der Waals surface area contributed by atoms with E-state index in [1.165, 1.54) is 0 Å². The zero-order valence-electron chi connectivity index (χ0n) is 11.6. The summed E-state index contributed by atoms with van der Waals surface area (Å²) in [5.41, 5.74) is 2.88. The van der Waals surface area contributed by atoms with Crippen molar-refractivity contribution in [2.24, 2.45) is 0 Å². The number of benzene rings is 2. The first-order valence-electron chi connectivity index (χ1n) is 6.56. The van der Waals surface area contributed by atoms with Gasteiger partial charge in [-0.05, 0) is 52.2 Å². The van der Waals surface area contributed by atoms with Crippen molar-refractivity contribution in [2.75, 3.05) is 11.9 Å². The summed E-state index contributed by atoms with van der Waals surface area (Å²) in [6, 6.07) is 13.4. The maximum Gasteiger partial charge on any atom is 0.238 e. The second-order valence-corrected chi connectivity index (χ2v) is 5.99. The number of aryl methyl sites for hydroxylation is 1. The lowest BCUT2D eigenvalue weighted by atomic mass is 10.2. The average Bonchev–Trinajstić information content (AvgIpc) is 2.44. The van der Waals surface area contributed by atoms with Gasteiger partial charge in [-0.1, -0.05) is 35.9 Å². The molecule has 5 heteroatoms. The minimum atomic E-state index is -0.0911. The zero-order valence-corrected chi connectivity index (χ0v) is 14.0.